The number of aromatic nitrogens is 1. The molecule has 4 bridgehead atoms. The standard InChI is InChI=1S/C54H57N3O7/c1-31(58)63-30-42-39-16-17-40-49-35(24-36(59)26-47(49)62-4)29-54-23-20-34(28-54)37(15-14-32-10-5-6-12-43(32)57-53(2)21-7-8-22-53)38-18-19-48(55)56-44(38)13-9-11-33-25-45(60)46(61-3)27-41(33)51(42)64-52(39)50(40)54/h5-6,10,12,16-19,24-27,34,37,42,51,57,59-60H,7-8,11,14-15,20-23,28-30H2,1-4H3,(H2,55,56)/t34-,37+,42-,51+,54-/m0/s1. The zero-order valence-electron chi connectivity index (χ0n) is 37.2. The Kier molecular flexibility index (Phi) is 10.6. The summed E-state index contributed by atoms with van der Waals surface area (Å²) in [5.41, 5.74) is 17.1. The van der Waals surface area contributed by atoms with Gasteiger partial charge in [-0.05, 0) is 134 Å². The van der Waals surface area contributed by atoms with E-state index in [-0.39, 0.29) is 59.2 Å². The SMILES string of the molecule is COc1cc2c(cc1O)CC#Cc1nc(N)ccc1[C@H](CCc1ccccc1NC1(C)CCCC1)[C@H]1CC[C@@]3(Cc4cc(O)cc(OC)c4-c4ccc5c(c43)O[C@H]2[C@H]5COC(C)=O)C1. The number of phenolic OH excluding ortho intramolecular Hbond substituents is 2. The van der Waals surface area contributed by atoms with E-state index in [0.717, 1.165) is 95.2 Å². The van der Waals surface area contributed by atoms with Crippen molar-refractivity contribution in [1.82, 2.24) is 4.98 Å². The second kappa shape index (κ2) is 16.3. The summed E-state index contributed by atoms with van der Waals surface area (Å²) in [5, 5.41) is 26.3. The van der Waals surface area contributed by atoms with Crippen LogP contribution in [0.2, 0.25) is 0 Å². The predicted molar refractivity (Wildman–Crippen MR) is 247 cm³/mol. The van der Waals surface area contributed by atoms with Crippen LogP contribution in [0, 0.1) is 17.8 Å². The van der Waals surface area contributed by atoms with Crippen LogP contribution in [-0.2, 0) is 34.2 Å². The number of esters is 1. The predicted octanol–water partition coefficient (Wildman–Crippen LogP) is 10.2. The van der Waals surface area contributed by atoms with E-state index in [0.29, 0.717) is 29.4 Å². The summed E-state index contributed by atoms with van der Waals surface area (Å²) in [6, 6.07) is 24.2. The number of ether oxygens (including phenoxy) is 4. The minimum Gasteiger partial charge on any atom is -0.508 e. The Hall–Kier alpha value is -6.34. The molecule has 4 aromatic carbocycles. The molecule has 2 saturated carbocycles. The highest BCUT2D eigenvalue weighted by atomic mass is 16.5. The van der Waals surface area contributed by atoms with E-state index in [4.69, 9.17) is 29.7 Å². The Morgan fingerprint density at radius 3 is 2.53 bits per heavy atom. The number of anilines is 2. The highest BCUT2D eigenvalue weighted by molar-refractivity contribution is 5.84. The Bertz CT molecular complexity index is 2730. The molecule has 10 rings (SSSR count). The van der Waals surface area contributed by atoms with E-state index in [9.17, 15) is 15.0 Å². The van der Waals surface area contributed by atoms with Gasteiger partial charge in [-0.1, -0.05) is 55.2 Å². The molecule has 2 fully saturated rings. The van der Waals surface area contributed by atoms with Crippen molar-refractivity contribution in [3.05, 3.63) is 117 Å². The summed E-state index contributed by atoms with van der Waals surface area (Å²) < 4.78 is 24.9. The second-order valence-electron chi connectivity index (χ2n) is 19.1. The third-order valence-electron chi connectivity index (χ3n) is 15.1. The van der Waals surface area contributed by atoms with Crippen molar-refractivity contribution >= 4 is 17.5 Å². The number of carbonyl (C=O) groups excluding carboxylic acids is 1. The summed E-state index contributed by atoms with van der Waals surface area (Å²) >= 11 is 0. The first-order valence-electron chi connectivity index (χ1n) is 22.9. The normalized spacial score (nSPS) is 23.2. The highest BCUT2D eigenvalue weighted by Gasteiger charge is 2.52. The van der Waals surface area contributed by atoms with Crippen LogP contribution in [0.5, 0.6) is 28.7 Å². The molecular weight excluding hydrogens is 803 g/mol. The third kappa shape index (κ3) is 7.33. The quantitative estimate of drug-likeness (QED) is 0.0835. The molecule has 1 spiro atoms. The minimum atomic E-state index is -0.594. The van der Waals surface area contributed by atoms with Crippen molar-refractivity contribution in [2.24, 2.45) is 5.92 Å². The topological polar surface area (TPSA) is 145 Å². The first-order valence-corrected chi connectivity index (χ1v) is 22.9. The number of nitrogens with zero attached hydrogens (tertiary/aromatic N) is 1. The number of aryl methyl sites for hydroxylation is 1. The number of pyridine rings is 1. The lowest BCUT2D eigenvalue weighted by atomic mass is 9.64. The Balaban J connectivity index is 1.17. The third-order valence-corrected chi connectivity index (χ3v) is 15.1. The van der Waals surface area contributed by atoms with Crippen molar-refractivity contribution in [2.75, 3.05) is 31.9 Å². The summed E-state index contributed by atoms with van der Waals surface area (Å²) in [5.74, 6) is 8.78. The van der Waals surface area contributed by atoms with Gasteiger partial charge in [0.2, 0.25) is 0 Å². The lowest BCUT2D eigenvalue weighted by Gasteiger charge is -2.39. The first-order chi connectivity index (χ1) is 31.0. The molecule has 5 aromatic rings. The van der Waals surface area contributed by atoms with Crippen molar-refractivity contribution in [1.29, 1.82) is 0 Å². The maximum atomic E-state index is 12.5. The molecule has 3 heterocycles. The number of para-hydroxylation sites is 1. The van der Waals surface area contributed by atoms with E-state index in [1.165, 1.54) is 38.1 Å². The second-order valence-corrected chi connectivity index (χ2v) is 19.1. The summed E-state index contributed by atoms with van der Waals surface area (Å²) in [4.78, 5) is 17.4. The smallest absolute Gasteiger partial charge is 0.302 e. The van der Waals surface area contributed by atoms with Gasteiger partial charge < -0.3 is 40.2 Å². The van der Waals surface area contributed by atoms with Crippen LogP contribution in [0.3, 0.4) is 0 Å². The Morgan fingerprint density at radius 1 is 0.938 bits per heavy atom. The molecule has 5 aliphatic rings. The van der Waals surface area contributed by atoms with Gasteiger partial charge >= 0.3 is 5.97 Å². The van der Waals surface area contributed by atoms with E-state index in [2.05, 4.69) is 66.5 Å². The van der Waals surface area contributed by atoms with Crippen molar-refractivity contribution in [3.8, 4) is 51.7 Å². The summed E-state index contributed by atoms with van der Waals surface area (Å²) in [6.07, 6.45) is 9.61. The van der Waals surface area contributed by atoms with Gasteiger partial charge in [0.05, 0.1) is 20.1 Å². The maximum Gasteiger partial charge on any atom is 0.302 e. The molecule has 2 aliphatic heterocycles. The number of methoxy groups -OCH3 is 2. The molecule has 5 N–H and O–H groups in total. The van der Waals surface area contributed by atoms with Crippen molar-refractivity contribution < 1.29 is 34.0 Å². The van der Waals surface area contributed by atoms with Gasteiger partial charge in [-0.15, -0.1) is 0 Å². The molecular formula is C54H57N3O7. The number of benzene rings is 4. The first kappa shape index (κ1) is 41.7. The number of aromatic hydroxyl groups is 2. The maximum absolute atomic E-state index is 12.5. The zero-order chi connectivity index (χ0) is 44.3. The van der Waals surface area contributed by atoms with Gasteiger partial charge in [-0.25, -0.2) is 4.98 Å². The molecule has 0 unspecified atom stereocenters. The number of rotatable bonds is 9. The van der Waals surface area contributed by atoms with Crippen LogP contribution in [-0.4, -0.2) is 47.5 Å². The number of nitrogens with two attached hydrogens (primary N) is 1. The Morgan fingerprint density at radius 2 is 1.73 bits per heavy atom. The molecule has 330 valence electrons. The molecule has 64 heavy (non-hydrogen) atoms. The summed E-state index contributed by atoms with van der Waals surface area (Å²) in [6.45, 7) is 3.87. The average Bonchev–Trinajstić information content (AvgIpc) is 4.00. The largest absolute Gasteiger partial charge is 0.508 e. The zero-order valence-corrected chi connectivity index (χ0v) is 37.2. The highest BCUT2D eigenvalue weighted by Crippen LogP contribution is 2.63. The number of hydrogen-bond donors (Lipinski definition) is 4. The molecule has 0 saturated heterocycles. The van der Waals surface area contributed by atoms with E-state index in [1.54, 1.807) is 19.2 Å². The fraction of sp³-hybridized carbons (Fsp3) is 0.407. The number of nitrogen functional groups attached to an aromatic ring is 1. The minimum absolute atomic E-state index is 0.00635. The number of nitrogens with one attached hydrogen (secondary N) is 1. The van der Waals surface area contributed by atoms with Gasteiger partial charge in [0.15, 0.2) is 11.5 Å². The number of phenols is 2. The molecule has 0 radical (unpaired) electrons. The molecule has 10 heteroatoms. The fourth-order valence-electron chi connectivity index (χ4n) is 12.1. The van der Waals surface area contributed by atoms with Crippen LogP contribution in [0.1, 0.15) is 128 Å². The number of hydrogen-bond acceptors (Lipinski definition) is 10. The van der Waals surface area contributed by atoms with Gasteiger partial charge in [0.25, 0.3) is 0 Å². The van der Waals surface area contributed by atoms with E-state index in [1.807, 2.05) is 18.2 Å². The molecule has 0 amide bonds. The average molecular weight is 860 g/mol. The van der Waals surface area contributed by atoms with Crippen LogP contribution >= 0.6 is 0 Å². The molecule has 5 atom stereocenters. The van der Waals surface area contributed by atoms with Crippen molar-refractivity contribution in [2.45, 2.75) is 113 Å². The summed E-state index contributed by atoms with van der Waals surface area (Å²) in [7, 11) is 3.18. The molecule has 1 aromatic heterocycles. The van der Waals surface area contributed by atoms with Crippen LogP contribution in [0.4, 0.5) is 11.5 Å². The lowest BCUT2D eigenvalue weighted by molar-refractivity contribution is -0.141. The van der Waals surface area contributed by atoms with E-state index < -0.39 is 6.10 Å². The molecule has 3 aliphatic carbocycles. The van der Waals surface area contributed by atoms with Crippen molar-refractivity contribution in [3.63, 3.8) is 0 Å². The Labute approximate surface area is 375 Å². The fourth-order valence-corrected chi connectivity index (χ4v) is 12.1. The van der Waals surface area contributed by atoms with Crippen LogP contribution in [0.15, 0.2) is 72.8 Å². The monoisotopic (exact) mass is 859 g/mol. The van der Waals surface area contributed by atoms with Crippen LogP contribution in [0.25, 0.3) is 11.1 Å². The van der Waals surface area contributed by atoms with Gasteiger partial charge in [0.1, 0.15) is 41.5 Å². The lowest BCUT2D eigenvalue weighted by Crippen LogP contribution is -2.32. The van der Waals surface area contributed by atoms with Gasteiger partial charge in [0, 0.05) is 58.3 Å². The number of fused-ring (bicyclic) bond motifs is 7. The van der Waals surface area contributed by atoms with Gasteiger partial charge in [-0.2, -0.15) is 0 Å². The van der Waals surface area contributed by atoms with Crippen LogP contribution < -0.4 is 25.3 Å². The van der Waals surface area contributed by atoms with E-state index >= 15 is 0 Å². The molecule has 10 nitrogen and oxygen atoms in total. The van der Waals surface area contributed by atoms with Gasteiger partial charge in [-0.3, -0.25) is 4.79 Å². The number of carbonyl (C=O) groups is 1.